The van der Waals surface area contributed by atoms with Gasteiger partial charge >= 0.3 is 0 Å². The van der Waals surface area contributed by atoms with Crippen molar-refractivity contribution in [2.45, 2.75) is 51.5 Å². The van der Waals surface area contributed by atoms with Gasteiger partial charge in [-0.25, -0.2) is 19.6 Å². The molecular weight excluding hydrogens is 611 g/mol. The van der Waals surface area contributed by atoms with Gasteiger partial charge in [0.15, 0.2) is 29.7 Å². The molecule has 7 aromatic rings. The average molecular weight is 647 g/mol. The highest BCUT2D eigenvalue weighted by molar-refractivity contribution is 7.15. The molecule has 0 spiro atoms. The van der Waals surface area contributed by atoms with E-state index in [2.05, 4.69) is 78.2 Å². The summed E-state index contributed by atoms with van der Waals surface area (Å²) in [6.45, 7) is 6.99. The molecule has 48 heavy (non-hydrogen) atoms. The Kier molecular flexibility index (Phi) is 7.73. The fourth-order valence-corrected chi connectivity index (χ4v) is 8.76. The summed E-state index contributed by atoms with van der Waals surface area (Å²) in [5.74, 6) is 1.92. The van der Waals surface area contributed by atoms with Gasteiger partial charge in [-0.05, 0) is 25.0 Å². The van der Waals surface area contributed by atoms with E-state index >= 15 is 0 Å². The fourth-order valence-electron chi connectivity index (χ4n) is 7.29. The predicted octanol–water partition coefficient (Wildman–Crippen LogP) is 9.16. The van der Waals surface area contributed by atoms with E-state index in [1.807, 2.05) is 95.0 Å². The van der Waals surface area contributed by atoms with E-state index in [4.69, 9.17) is 15.0 Å². The molecule has 8 heteroatoms. The Morgan fingerprint density at radius 3 is 1.83 bits per heavy atom. The lowest BCUT2D eigenvalue weighted by Gasteiger charge is -2.39. The normalized spacial score (nSPS) is 14.8. The Bertz CT molecular complexity index is 2140. The second-order valence-corrected chi connectivity index (χ2v) is 13.3. The number of benzene rings is 3. The van der Waals surface area contributed by atoms with Crippen LogP contribution in [0.25, 0.3) is 61.7 Å². The second-order valence-electron chi connectivity index (χ2n) is 12.3. The van der Waals surface area contributed by atoms with Crippen molar-refractivity contribution in [3.05, 3.63) is 126 Å². The molecule has 0 N–H and O–H groups in total. The minimum atomic E-state index is 0.0844. The molecule has 236 valence electrons. The third-order valence-corrected chi connectivity index (χ3v) is 11.2. The molecule has 0 bridgehead atoms. The van der Waals surface area contributed by atoms with Crippen LogP contribution in [0.4, 0.5) is 0 Å². The zero-order valence-electron chi connectivity index (χ0n) is 27.3. The molecule has 5 heterocycles. The maximum absolute atomic E-state index is 4.88. The van der Waals surface area contributed by atoms with Crippen molar-refractivity contribution in [2.75, 3.05) is 0 Å². The highest BCUT2D eigenvalue weighted by atomic mass is 32.1. The van der Waals surface area contributed by atoms with Crippen LogP contribution >= 0.6 is 11.3 Å². The van der Waals surface area contributed by atoms with E-state index in [0.717, 1.165) is 52.2 Å². The van der Waals surface area contributed by atoms with Crippen molar-refractivity contribution in [3.8, 4) is 61.7 Å². The summed E-state index contributed by atoms with van der Waals surface area (Å²) < 4.78 is 4.43. The molecule has 0 saturated carbocycles. The first-order chi connectivity index (χ1) is 23.6. The minimum Gasteiger partial charge on any atom is -0.210 e. The van der Waals surface area contributed by atoms with E-state index in [1.54, 1.807) is 0 Å². The highest BCUT2D eigenvalue weighted by Gasteiger charge is 2.50. The Hall–Kier alpha value is -5.34. The zero-order chi connectivity index (χ0) is 32.7. The van der Waals surface area contributed by atoms with Crippen molar-refractivity contribution >= 4 is 11.3 Å². The largest absolute Gasteiger partial charge is 0.213 e. The smallest absolute Gasteiger partial charge is 0.210 e. The molecule has 4 aromatic heterocycles. The van der Waals surface area contributed by atoms with E-state index in [1.165, 1.54) is 16.1 Å². The van der Waals surface area contributed by atoms with E-state index in [9.17, 15) is 0 Å². The van der Waals surface area contributed by atoms with Gasteiger partial charge in [-0.3, -0.25) is 0 Å². The molecule has 7 nitrogen and oxygen atoms in total. The van der Waals surface area contributed by atoms with Gasteiger partial charge in [0.1, 0.15) is 10.7 Å². The van der Waals surface area contributed by atoms with Crippen molar-refractivity contribution in [2.24, 2.45) is 0 Å². The Morgan fingerprint density at radius 1 is 0.688 bits per heavy atom. The molecule has 0 fully saturated rings. The quantitative estimate of drug-likeness (QED) is 0.154. The lowest BCUT2D eigenvalue weighted by molar-refractivity contribution is -0.725. The van der Waals surface area contributed by atoms with E-state index in [-0.39, 0.29) is 5.41 Å². The number of hydrogen-bond acceptors (Lipinski definition) is 6. The molecule has 8 rings (SSSR count). The molecule has 1 aliphatic rings. The summed E-state index contributed by atoms with van der Waals surface area (Å²) in [6, 6.07) is 37.6. The maximum Gasteiger partial charge on any atom is 0.213 e. The van der Waals surface area contributed by atoms with Crippen LogP contribution in [0.1, 0.15) is 51.0 Å². The molecule has 0 aliphatic carbocycles. The third-order valence-electron chi connectivity index (χ3n) is 9.82. The van der Waals surface area contributed by atoms with E-state index < -0.39 is 0 Å². The van der Waals surface area contributed by atoms with Crippen LogP contribution < -0.4 is 4.57 Å². The third kappa shape index (κ3) is 5.04. The molecular formula is C40H36N7S+. The van der Waals surface area contributed by atoms with Crippen molar-refractivity contribution in [1.82, 2.24) is 29.9 Å². The zero-order valence-corrected chi connectivity index (χ0v) is 28.1. The molecule has 3 aromatic carbocycles. The monoisotopic (exact) mass is 646 g/mol. The lowest BCUT2D eigenvalue weighted by Crippen LogP contribution is -2.54. The molecule has 1 aliphatic heterocycles. The minimum absolute atomic E-state index is 0.0844. The standard InChI is InChI=1S/C40H36N7S/c1-4-34-40(5-2,6-3)36-31(33-19-13-14-24-46(33)34)25-35(48-36)47-26-32(44-45-47)27-20-22-30(23-21-27)39-42-37(28-15-9-7-10-16-28)41-38(43-39)29-17-11-8-12-18-29/h7-26,34H,4-6H2,1-3H3/q+1. The maximum atomic E-state index is 4.88. The summed E-state index contributed by atoms with van der Waals surface area (Å²) in [5, 5.41) is 10.3. The topological polar surface area (TPSA) is 73.3 Å². The number of hydrogen-bond donors (Lipinski definition) is 0. The van der Waals surface area contributed by atoms with Gasteiger partial charge in [0.25, 0.3) is 0 Å². The lowest BCUT2D eigenvalue weighted by atomic mass is 9.69. The number of thiophene rings is 1. The van der Waals surface area contributed by atoms with Crippen LogP contribution in [0.2, 0.25) is 0 Å². The van der Waals surface area contributed by atoms with Crippen molar-refractivity contribution in [1.29, 1.82) is 0 Å². The summed E-state index contributed by atoms with van der Waals surface area (Å²) in [4.78, 5) is 16.0. The number of aromatic nitrogens is 7. The molecule has 0 radical (unpaired) electrons. The molecule has 1 unspecified atom stereocenters. The molecule has 0 amide bonds. The number of nitrogens with zero attached hydrogens (tertiary/aromatic N) is 7. The Balaban J connectivity index is 1.13. The number of rotatable bonds is 8. The molecule has 0 saturated heterocycles. The van der Waals surface area contributed by atoms with Gasteiger partial charge in [-0.2, -0.15) is 4.57 Å². The molecule has 1 atom stereocenters. The van der Waals surface area contributed by atoms with Crippen LogP contribution in [0, 0.1) is 0 Å². The van der Waals surface area contributed by atoms with Gasteiger partial charge in [0, 0.05) is 45.7 Å². The predicted molar refractivity (Wildman–Crippen MR) is 192 cm³/mol. The van der Waals surface area contributed by atoms with Crippen LogP contribution in [0.3, 0.4) is 0 Å². The van der Waals surface area contributed by atoms with Crippen LogP contribution in [0.5, 0.6) is 0 Å². The summed E-state index contributed by atoms with van der Waals surface area (Å²) in [5.41, 5.74) is 7.28. The van der Waals surface area contributed by atoms with Crippen LogP contribution in [-0.4, -0.2) is 29.9 Å². The summed E-state index contributed by atoms with van der Waals surface area (Å²) in [7, 11) is 0. The van der Waals surface area contributed by atoms with Crippen LogP contribution in [0.15, 0.2) is 122 Å². The average Bonchev–Trinajstić information content (AvgIpc) is 3.84. The second kappa shape index (κ2) is 12.4. The first kappa shape index (κ1) is 30.0. The first-order valence-corrected chi connectivity index (χ1v) is 17.5. The summed E-state index contributed by atoms with van der Waals surface area (Å²) in [6.07, 6.45) is 7.55. The summed E-state index contributed by atoms with van der Waals surface area (Å²) >= 11 is 1.86. The Labute approximate surface area is 284 Å². The van der Waals surface area contributed by atoms with Crippen molar-refractivity contribution < 1.29 is 4.57 Å². The first-order valence-electron chi connectivity index (χ1n) is 16.7. The van der Waals surface area contributed by atoms with Gasteiger partial charge in [-0.1, -0.05) is 111 Å². The van der Waals surface area contributed by atoms with Crippen LogP contribution in [-0.2, 0) is 5.41 Å². The van der Waals surface area contributed by atoms with Gasteiger partial charge in [0.2, 0.25) is 5.69 Å². The SMILES string of the molecule is CCC1[n+]2ccccc2-c2cc(-n3cc(-c4ccc(-c5nc(-c6ccccc6)nc(-c6ccccc6)n5)cc4)nn3)sc2C1(CC)CC. The fraction of sp³-hybridized carbons (Fsp3) is 0.200. The Morgan fingerprint density at radius 2 is 1.25 bits per heavy atom. The highest BCUT2D eigenvalue weighted by Crippen LogP contribution is 2.52. The van der Waals surface area contributed by atoms with Crippen molar-refractivity contribution in [3.63, 3.8) is 0 Å². The number of fused-ring (bicyclic) bond motifs is 3. The van der Waals surface area contributed by atoms with Gasteiger partial charge < -0.3 is 0 Å². The number of pyridine rings is 1. The van der Waals surface area contributed by atoms with Gasteiger partial charge in [0.05, 0.1) is 17.2 Å². The van der Waals surface area contributed by atoms with E-state index in [0.29, 0.717) is 23.5 Å². The van der Waals surface area contributed by atoms with Gasteiger partial charge in [-0.15, -0.1) is 16.4 Å².